The van der Waals surface area contributed by atoms with Gasteiger partial charge in [-0.15, -0.1) is 0 Å². The van der Waals surface area contributed by atoms with Crippen molar-refractivity contribution in [3.63, 3.8) is 0 Å². The van der Waals surface area contributed by atoms with Gasteiger partial charge < -0.3 is 0 Å². The second kappa shape index (κ2) is 3.60. The van der Waals surface area contributed by atoms with Gasteiger partial charge >= 0.3 is 89.9 Å². The van der Waals surface area contributed by atoms with E-state index in [1.165, 1.54) is 6.07 Å². The molecular formula is C8H6N2O4Se. The molecule has 0 radical (unpaired) electrons. The summed E-state index contributed by atoms with van der Waals surface area (Å²) in [5.74, 6) is -0.701. The van der Waals surface area contributed by atoms with E-state index >= 15 is 0 Å². The molecule has 0 spiro atoms. The van der Waals surface area contributed by atoms with E-state index < -0.39 is 4.92 Å². The summed E-state index contributed by atoms with van der Waals surface area (Å²) in [6.07, 6.45) is 0.294. The molecular weight excluding hydrogens is 267 g/mol. The molecule has 0 atom stereocenters. The van der Waals surface area contributed by atoms with Gasteiger partial charge in [0.25, 0.3) is 0 Å². The van der Waals surface area contributed by atoms with Crippen LogP contribution in [0.5, 0.6) is 0 Å². The quantitative estimate of drug-likeness (QED) is 0.336. The SMILES string of the molecule is O=C1CCC(=O)N1c1cc[se]c1[N+](=O)[O-]. The molecule has 0 aromatic carbocycles. The van der Waals surface area contributed by atoms with Crippen LogP contribution >= 0.6 is 0 Å². The summed E-state index contributed by atoms with van der Waals surface area (Å²) in [6, 6.07) is 1.49. The third kappa shape index (κ3) is 1.60. The number of hydrogen-bond acceptors (Lipinski definition) is 4. The van der Waals surface area contributed by atoms with Crippen LogP contribution in [-0.2, 0) is 9.59 Å². The molecule has 2 amide bonds. The first-order chi connectivity index (χ1) is 7.11. The normalized spacial score (nSPS) is 16.1. The monoisotopic (exact) mass is 274 g/mol. The van der Waals surface area contributed by atoms with Crippen LogP contribution in [0.3, 0.4) is 0 Å². The standard InChI is InChI=1S/C8H6N2O4Se/c11-6-1-2-7(12)9(6)5-3-4-15-8(5)10(13)14/h3-4H,1-2H2. The number of rotatable bonds is 2. The van der Waals surface area contributed by atoms with E-state index in [4.69, 9.17) is 0 Å². The molecule has 1 aliphatic rings. The second-order valence-electron chi connectivity index (χ2n) is 2.99. The zero-order valence-electron chi connectivity index (χ0n) is 7.50. The molecule has 1 aromatic heterocycles. The Bertz CT molecular complexity index is 437. The molecule has 0 bridgehead atoms. The molecule has 1 fully saturated rings. The number of nitro groups is 1. The van der Waals surface area contributed by atoms with Crippen molar-refractivity contribution in [2.24, 2.45) is 0 Å². The Hall–Kier alpha value is -1.46. The van der Waals surface area contributed by atoms with E-state index in [-0.39, 0.29) is 49.4 Å². The summed E-state index contributed by atoms with van der Waals surface area (Å²) >= 11 is -0.387. The summed E-state index contributed by atoms with van der Waals surface area (Å²) < 4.78 is -0.0221. The van der Waals surface area contributed by atoms with Crippen LogP contribution in [0.1, 0.15) is 12.8 Å². The molecule has 15 heavy (non-hydrogen) atoms. The van der Waals surface area contributed by atoms with Crippen molar-refractivity contribution in [2.45, 2.75) is 12.8 Å². The Morgan fingerprint density at radius 2 is 1.93 bits per heavy atom. The van der Waals surface area contributed by atoms with E-state index in [2.05, 4.69) is 0 Å². The fraction of sp³-hybridized carbons (Fsp3) is 0.250. The summed E-state index contributed by atoms with van der Waals surface area (Å²) in [5.41, 5.74) is 0.160. The molecule has 7 heteroatoms. The molecule has 1 aromatic rings. The molecule has 0 N–H and O–H groups in total. The molecule has 1 aliphatic heterocycles. The predicted octanol–water partition coefficient (Wildman–Crippen LogP) is 0.305. The summed E-state index contributed by atoms with van der Waals surface area (Å²) in [5, 5.41) is 10.7. The molecule has 78 valence electrons. The Morgan fingerprint density at radius 1 is 1.33 bits per heavy atom. The van der Waals surface area contributed by atoms with Crippen molar-refractivity contribution in [1.82, 2.24) is 0 Å². The van der Waals surface area contributed by atoms with E-state index in [0.717, 1.165) is 4.90 Å². The van der Waals surface area contributed by atoms with Crippen LogP contribution in [0.2, 0.25) is 0 Å². The van der Waals surface area contributed by atoms with Crippen LogP contribution in [0.25, 0.3) is 0 Å². The number of hydrogen-bond donors (Lipinski definition) is 0. The number of anilines is 1. The summed E-state index contributed by atoms with van der Waals surface area (Å²) in [7, 11) is 0. The first-order valence-corrected chi connectivity index (χ1v) is 6.03. The fourth-order valence-electron chi connectivity index (χ4n) is 1.45. The van der Waals surface area contributed by atoms with Gasteiger partial charge in [-0.2, -0.15) is 0 Å². The first kappa shape index (κ1) is 10.1. The van der Waals surface area contributed by atoms with Crippen molar-refractivity contribution in [3.05, 3.63) is 21.1 Å². The van der Waals surface area contributed by atoms with E-state index in [9.17, 15) is 19.7 Å². The average Bonchev–Trinajstić information content (AvgIpc) is 2.73. The molecule has 2 heterocycles. The molecule has 6 nitrogen and oxygen atoms in total. The second-order valence-corrected chi connectivity index (χ2v) is 4.87. The van der Waals surface area contributed by atoms with Gasteiger partial charge in [-0.25, -0.2) is 0 Å². The Labute approximate surface area is 90.4 Å². The van der Waals surface area contributed by atoms with E-state index in [1.807, 2.05) is 0 Å². The van der Waals surface area contributed by atoms with E-state index in [0.29, 0.717) is 0 Å². The summed E-state index contributed by atoms with van der Waals surface area (Å²) in [6.45, 7) is 0. The zero-order valence-corrected chi connectivity index (χ0v) is 9.22. The summed E-state index contributed by atoms with van der Waals surface area (Å²) in [4.78, 5) is 35.4. The average molecular weight is 273 g/mol. The number of carbonyl (C=O) groups is 2. The van der Waals surface area contributed by atoms with Crippen molar-refractivity contribution >= 4 is 36.6 Å². The van der Waals surface area contributed by atoms with Gasteiger partial charge in [0, 0.05) is 0 Å². The molecule has 0 aliphatic carbocycles. The molecule has 1 saturated heterocycles. The van der Waals surface area contributed by atoms with E-state index in [1.54, 1.807) is 4.94 Å². The van der Waals surface area contributed by atoms with Crippen LogP contribution in [0.4, 0.5) is 10.2 Å². The maximum atomic E-state index is 11.4. The first-order valence-electron chi connectivity index (χ1n) is 4.19. The van der Waals surface area contributed by atoms with Crippen LogP contribution in [0.15, 0.2) is 11.0 Å². The third-order valence-corrected chi connectivity index (χ3v) is 3.87. The van der Waals surface area contributed by atoms with Crippen LogP contribution in [0, 0.1) is 10.1 Å². The van der Waals surface area contributed by atoms with Crippen molar-refractivity contribution in [1.29, 1.82) is 0 Å². The van der Waals surface area contributed by atoms with Crippen molar-refractivity contribution in [3.8, 4) is 0 Å². The van der Waals surface area contributed by atoms with Gasteiger partial charge in [0.15, 0.2) is 0 Å². The fourth-order valence-corrected chi connectivity index (χ4v) is 2.90. The minimum absolute atomic E-state index is 0.0221. The number of imide groups is 1. The maximum absolute atomic E-state index is 11.4. The Kier molecular flexibility index (Phi) is 2.42. The Balaban J connectivity index is 2.45. The van der Waals surface area contributed by atoms with Gasteiger partial charge in [-0.05, 0) is 0 Å². The van der Waals surface area contributed by atoms with Gasteiger partial charge in [0.2, 0.25) is 0 Å². The van der Waals surface area contributed by atoms with Gasteiger partial charge in [-0.1, -0.05) is 0 Å². The third-order valence-electron chi connectivity index (χ3n) is 2.08. The van der Waals surface area contributed by atoms with Crippen molar-refractivity contribution in [2.75, 3.05) is 4.90 Å². The molecule has 0 unspecified atom stereocenters. The molecule has 2 rings (SSSR count). The van der Waals surface area contributed by atoms with Gasteiger partial charge in [0.1, 0.15) is 0 Å². The van der Waals surface area contributed by atoms with Crippen LogP contribution in [-0.4, -0.2) is 31.2 Å². The zero-order chi connectivity index (χ0) is 11.0. The van der Waals surface area contributed by atoms with Crippen molar-refractivity contribution < 1.29 is 14.5 Å². The van der Waals surface area contributed by atoms with Gasteiger partial charge in [-0.3, -0.25) is 0 Å². The number of carbonyl (C=O) groups excluding carboxylic acids is 2. The Morgan fingerprint density at radius 3 is 2.47 bits per heavy atom. The minimum atomic E-state index is -0.520. The number of amides is 2. The molecule has 0 saturated carbocycles. The topological polar surface area (TPSA) is 80.5 Å². The predicted molar refractivity (Wildman–Crippen MR) is 51.8 cm³/mol. The van der Waals surface area contributed by atoms with Gasteiger partial charge in [0.05, 0.1) is 0 Å². The van der Waals surface area contributed by atoms with Crippen LogP contribution < -0.4 is 4.90 Å². The number of nitrogens with zero attached hydrogens (tertiary/aromatic N) is 2.